The Hall–Kier alpha value is -1.20. The maximum atomic E-state index is 13.2. The van der Waals surface area contributed by atoms with Crippen LogP contribution in [0.15, 0.2) is 41.8 Å². The highest BCUT2D eigenvalue weighted by Crippen LogP contribution is 2.13. The smallest absolute Gasteiger partial charge is 0.207 e. The van der Waals surface area contributed by atoms with Gasteiger partial charge >= 0.3 is 0 Å². The molecule has 1 unspecified atom stereocenters. The minimum Gasteiger partial charge on any atom is -0.207 e. The van der Waals surface area contributed by atoms with Crippen LogP contribution >= 0.6 is 0 Å². The fourth-order valence-electron chi connectivity index (χ4n) is 1.02. The van der Waals surface area contributed by atoms with Gasteiger partial charge in [0, 0.05) is 6.04 Å². The standard InChI is InChI=1S/C10H12FNO2S/c1-3-8(2)12-15(13,14)10-7-5-4-6-9(10)11/h3-8,12H,1H2,2H3. The zero-order valence-electron chi connectivity index (χ0n) is 8.27. The number of benzene rings is 1. The van der Waals surface area contributed by atoms with Gasteiger partial charge in [-0.25, -0.2) is 17.5 Å². The first-order chi connectivity index (χ1) is 6.97. The Kier molecular flexibility index (Phi) is 3.60. The topological polar surface area (TPSA) is 46.2 Å². The molecule has 0 aliphatic carbocycles. The summed E-state index contributed by atoms with van der Waals surface area (Å²) in [4.78, 5) is -0.348. The Labute approximate surface area is 88.7 Å². The molecule has 0 fully saturated rings. The molecule has 0 bridgehead atoms. The molecule has 0 saturated heterocycles. The molecule has 5 heteroatoms. The minimum absolute atomic E-state index is 0.348. The molecular weight excluding hydrogens is 217 g/mol. The lowest BCUT2D eigenvalue weighted by Crippen LogP contribution is -2.31. The Morgan fingerprint density at radius 1 is 1.47 bits per heavy atom. The Morgan fingerprint density at radius 2 is 2.07 bits per heavy atom. The molecule has 82 valence electrons. The molecule has 1 atom stereocenters. The van der Waals surface area contributed by atoms with E-state index in [-0.39, 0.29) is 4.90 Å². The van der Waals surface area contributed by atoms with Crippen molar-refractivity contribution >= 4 is 10.0 Å². The zero-order chi connectivity index (χ0) is 11.5. The van der Waals surface area contributed by atoms with Gasteiger partial charge in [0.25, 0.3) is 0 Å². The van der Waals surface area contributed by atoms with Gasteiger partial charge in [-0.1, -0.05) is 18.2 Å². The van der Waals surface area contributed by atoms with Gasteiger partial charge in [-0.3, -0.25) is 0 Å². The lowest BCUT2D eigenvalue weighted by atomic mass is 10.3. The van der Waals surface area contributed by atoms with Gasteiger partial charge in [-0.2, -0.15) is 0 Å². The second kappa shape index (κ2) is 4.55. The van der Waals surface area contributed by atoms with Crippen LogP contribution in [-0.4, -0.2) is 14.5 Å². The van der Waals surface area contributed by atoms with Crippen LogP contribution in [0, 0.1) is 5.82 Å². The van der Waals surface area contributed by atoms with Gasteiger partial charge in [-0.15, -0.1) is 6.58 Å². The molecule has 15 heavy (non-hydrogen) atoms. The van der Waals surface area contributed by atoms with Crippen LogP contribution in [0.4, 0.5) is 4.39 Å². The van der Waals surface area contributed by atoms with Crippen molar-refractivity contribution in [2.75, 3.05) is 0 Å². The lowest BCUT2D eigenvalue weighted by Gasteiger charge is -2.10. The summed E-state index contributed by atoms with van der Waals surface area (Å²) < 4.78 is 38.7. The van der Waals surface area contributed by atoms with Crippen LogP contribution in [-0.2, 0) is 10.0 Å². The fraction of sp³-hybridized carbons (Fsp3) is 0.200. The molecule has 0 heterocycles. The van der Waals surface area contributed by atoms with Crippen LogP contribution in [0.1, 0.15) is 6.92 Å². The summed E-state index contributed by atoms with van der Waals surface area (Å²) in [7, 11) is -3.80. The minimum atomic E-state index is -3.80. The number of hydrogen-bond acceptors (Lipinski definition) is 2. The SMILES string of the molecule is C=CC(C)NS(=O)(=O)c1ccccc1F. The average molecular weight is 229 g/mol. The summed E-state index contributed by atoms with van der Waals surface area (Å²) in [5.41, 5.74) is 0. The Balaban J connectivity index is 3.07. The average Bonchev–Trinajstić information content (AvgIpc) is 2.17. The number of hydrogen-bond donors (Lipinski definition) is 1. The normalized spacial score (nSPS) is 13.5. The van der Waals surface area contributed by atoms with Gasteiger partial charge in [0.05, 0.1) is 0 Å². The Morgan fingerprint density at radius 3 is 2.60 bits per heavy atom. The second-order valence-corrected chi connectivity index (χ2v) is 4.76. The number of nitrogens with one attached hydrogen (secondary N) is 1. The quantitative estimate of drug-likeness (QED) is 0.798. The molecule has 0 aliphatic heterocycles. The molecule has 1 aromatic rings. The third kappa shape index (κ3) is 2.87. The van der Waals surface area contributed by atoms with Crippen molar-refractivity contribution in [2.45, 2.75) is 17.9 Å². The van der Waals surface area contributed by atoms with Gasteiger partial charge < -0.3 is 0 Å². The van der Waals surface area contributed by atoms with Crippen molar-refractivity contribution in [3.63, 3.8) is 0 Å². The van der Waals surface area contributed by atoms with E-state index in [0.717, 1.165) is 6.07 Å². The second-order valence-electron chi connectivity index (χ2n) is 3.08. The summed E-state index contributed by atoms with van der Waals surface area (Å²) in [5, 5.41) is 0. The van der Waals surface area contributed by atoms with E-state index in [4.69, 9.17) is 0 Å². The van der Waals surface area contributed by atoms with E-state index in [0.29, 0.717) is 0 Å². The van der Waals surface area contributed by atoms with E-state index in [2.05, 4.69) is 11.3 Å². The molecule has 0 amide bonds. The van der Waals surface area contributed by atoms with Crippen molar-refractivity contribution in [1.82, 2.24) is 4.72 Å². The van der Waals surface area contributed by atoms with E-state index in [9.17, 15) is 12.8 Å². The summed E-state index contributed by atoms with van der Waals surface area (Å²) >= 11 is 0. The molecule has 1 rings (SSSR count). The van der Waals surface area contributed by atoms with Crippen molar-refractivity contribution in [3.8, 4) is 0 Å². The first-order valence-electron chi connectivity index (χ1n) is 4.37. The van der Waals surface area contributed by atoms with Crippen molar-refractivity contribution in [1.29, 1.82) is 0 Å². The summed E-state index contributed by atoms with van der Waals surface area (Å²) in [6, 6.07) is 4.79. The first kappa shape index (κ1) is 11.9. The number of rotatable bonds is 4. The van der Waals surface area contributed by atoms with Crippen LogP contribution in [0.3, 0.4) is 0 Å². The predicted octanol–water partition coefficient (Wildman–Crippen LogP) is 1.68. The zero-order valence-corrected chi connectivity index (χ0v) is 9.09. The van der Waals surface area contributed by atoms with Gasteiger partial charge in [0.15, 0.2) is 0 Å². The maximum Gasteiger partial charge on any atom is 0.244 e. The number of sulfonamides is 1. The Bertz CT molecular complexity index is 456. The van der Waals surface area contributed by atoms with Gasteiger partial charge in [-0.05, 0) is 19.1 Å². The van der Waals surface area contributed by atoms with Crippen LogP contribution in [0.5, 0.6) is 0 Å². The highest BCUT2D eigenvalue weighted by Gasteiger charge is 2.19. The van der Waals surface area contributed by atoms with E-state index >= 15 is 0 Å². The van der Waals surface area contributed by atoms with Crippen LogP contribution in [0.2, 0.25) is 0 Å². The first-order valence-corrected chi connectivity index (χ1v) is 5.85. The lowest BCUT2D eigenvalue weighted by molar-refractivity contribution is 0.553. The van der Waals surface area contributed by atoms with Gasteiger partial charge in [0.1, 0.15) is 10.7 Å². The van der Waals surface area contributed by atoms with Gasteiger partial charge in [0.2, 0.25) is 10.0 Å². The van der Waals surface area contributed by atoms with Crippen molar-refractivity contribution in [2.24, 2.45) is 0 Å². The fourth-order valence-corrected chi connectivity index (χ4v) is 2.31. The van der Waals surface area contributed by atoms with Crippen molar-refractivity contribution < 1.29 is 12.8 Å². The highest BCUT2D eigenvalue weighted by molar-refractivity contribution is 7.89. The molecule has 3 nitrogen and oxygen atoms in total. The van der Waals surface area contributed by atoms with E-state index in [1.54, 1.807) is 6.92 Å². The highest BCUT2D eigenvalue weighted by atomic mass is 32.2. The molecule has 0 spiro atoms. The molecule has 0 aromatic heterocycles. The summed E-state index contributed by atoms with van der Waals surface area (Å²) in [6.45, 7) is 5.06. The summed E-state index contributed by atoms with van der Waals surface area (Å²) in [6.07, 6.45) is 1.43. The predicted molar refractivity (Wildman–Crippen MR) is 56.4 cm³/mol. The number of halogens is 1. The van der Waals surface area contributed by atoms with E-state index in [1.807, 2.05) is 0 Å². The largest absolute Gasteiger partial charge is 0.244 e. The summed E-state index contributed by atoms with van der Waals surface area (Å²) in [5.74, 6) is -0.763. The van der Waals surface area contributed by atoms with Crippen LogP contribution in [0.25, 0.3) is 0 Å². The molecule has 0 radical (unpaired) electrons. The molecule has 0 saturated carbocycles. The molecular formula is C10H12FNO2S. The molecule has 1 N–H and O–H groups in total. The molecule has 0 aliphatic rings. The monoisotopic (exact) mass is 229 g/mol. The van der Waals surface area contributed by atoms with Crippen molar-refractivity contribution in [3.05, 3.63) is 42.7 Å². The third-order valence-electron chi connectivity index (χ3n) is 1.82. The molecule has 1 aromatic carbocycles. The maximum absolute atomic E-state index is 13.2. The van der Waals surface area contributed by atoms with Crippen LogP contribution < -0.4 is 4.72 Å². The third-order valence-corrected chi connectivity index (χ3v) is 3.41. The van der Waals surface area contributed by atoms with E-state index in [1.165, 1.54) is 24.3 Å². The van der Waals surface area contributed by atoms with E-state index < -0.39 is 21.9 Å².